The first-order chi connectivity index (χ1) is 6.70. The van der Waals surface area contributed by atoms with Crippen LogP contribution in [0.3, 0.4) is 0 Å². The standard InChI is InChI=1S/C9H11Cl2N3/c1-2-5-3-7(5)13-8-6(10)4-12-9(11)14-8/h4-5,7H,2-3H2,1H3,(H,12,13,14). The molecule has 1 aromatic heterocycles. The van der Waals surface area contributed by atoms with Gasteiger partial charge in [0.1, 0.15) is 10.8 Å². The lowest BCUT2D eigenvalue weighted by Crippen LogP contribution is -2.07. The van der Waals surface area contributed by atoms with Gasteiger partial charge in [-0.1, -0.05) is 24.9 Å². The first kappa shape index (κ1) is 9.99. The van der Waals surface area contributed by atoms with Gasteiger partial charge in [-0.15, -0.1) is 0 Å². The lowest BCUT2D eigenvalue weighted by atomic mass is 10.3. The summed E-state index contributed by atoms with van der Waals surface area (Å²) in [4.78, 5) is 7.82. The molecule has 1 aliphatic carbocycles. The van der Waals surface area contributed by atoms with E-state index < -0.39 is 0 Å². The summed E-state index contributed by atoms with van der Waals surface area (Å²) in [6.07, 6.45) is 3.89. The van der Waals surface area contributed by atoms with Crippen LogP contribution >= 0.6 is 23.2 Å². The topological polar surface area (TPSA) is 37.8 Å². The van der Waals surface area contributed by atoms with Gasteiger partial charge >= 0.3 is 0 Å². The first-order valence-electron chi connectivity index (χ1n) is 4.65. The Kier molecular flexibility index (Phi) is 2.79. The molecule has 0 aliphatic heterocycles. The van der Waals surface area contributed by atoms with Crippen LogP contribution in [0.25, 0.3) is 0 Å². The van der Waals surface area contributed by atoms with Gasteiger partial charge in [0.05, 0.1) is 6.20 Å². The van der Waals surface area contributed by atoms with Crippen LogP contribution in [0, 0.1) is 5.92 Å². The summed E-state index contributed by atoms with van der Waals surface area (Å²) in [5.74, 6) is 1.40. The predicted octanol–water partition coefficient (Wildman–Crippen LogP) is 2.99. The predicted molar refractivity (Wildman–Crippen MR) is 57.9 cm³/mol. The van der Waals surface area contributed by atoms with Gasteiger partial charge in [0.2, 0.25) is 5.28 Å². The molecule has 2 atom stereocenters. The summed E-state index contributed by atoms with van der Waals surface area (Å²) in [5, 5.41) is 4.01. The average Bonchev–Trinajstić information content (AvgIpc) is 2.90. The van der Waals surface area contributed by atoms with Crippen molar-refractivity contribution in [1.82, 2.24) is 9.97 Å². The second kappa shape index (κ2) is 3.91. The number of aromatic nitrogens is 2. The maximum absolute atomic E-state index is 5.91. The molecule has 2 unspecified atom stereocenters. The Bertz CT molecular complexity index is 343. The third-order valence-corrected chi connectivity index (χ3v) is 2.94. The van der Waals surface area contributed by atoms with Crippen molar-refractivity contribution in [3.05, 3.63) is 16.5 Å². The molecule has 5 heteroatoms. The Balaban J connectivity index is 2.06. The van der Waals surface area contributed by atoms with E-state index in [4.69, 9.17) is 23.2 Å². The minimum absolute atomic E-state index is 0.227. The molecule has 0 spiro atoms. The van der Waals surface area contributed by atoms with Gasteiger partial charge in [-0.2, -0.15) is 4.98 Å². The molecular weight excluding hydrogens is 221 g/mol. The fraction of sp³-hybridized carbons (Fsp3) is 0.556. The van der Waals surface area contributed by atoms with Gasteiger partial charge in [0, 0.05) is 6.04 Å². The lowest BCUT2D eigenvalue weighted by molar-refractivity contribution is 0.773. The second-order valence-electron chi connectivity index (χ2n) is 3.49. The van der Waals surface area contributed by atoms with E-state index in [0.717, 1.165) is 5.92 Å². The van der Waals surface area contributed by atoms with Crippen LogP contribution in [0.5, 0.6) is 0 Å². The highest BCUT2D eigenvalue weighted by Gasteiger charge is 2.35. The van der Waals surface area contributed by atoms with Crippen molar-refractivity contribution < 1.29 is 0 Å². The zero-order valence-corrected chi connectivity index (χ0v) is 9.31. The largest absolute Gasteiger partial charge is 0.366 e. The third-order valence-electron chi connectivity index (χ3n) is 2.48. The Morgan fingerprint density at radius 3 is 3.00 bits per heavy atom. The number of nitrogens with one attached hydrogen (secondary N) is 1. The molecule has 3 nitrogen and oxygen atoms in total. The van der Waals surface area contributed by atoms with Crippen molar-refractivity contribution >= 4 is 29.0 Å². The average molecular weight is 232 g/mol. The van der Waals surface area contributed by atoms with Crippen molar-refractivity contribution in [3.63, 3.8) is 0 Å². The molecule has 1 heterocycles. The van der Waals surface area contributed by atoms with Crippen LogP contribution in [0.1, 0.15) is 19.8 Å². The van der Waals surface area contributed by atoms with E-state index in [9.17, 15) is 0 Å². The summed E-state index contributed by atoms with van der Waals surface area (Å²) in [7, 11) is 0. The van der Waals surface area contributed by atoms with Crippen LogP contribution in [0.15, 0.2) is 6.20 Å². The van der Waals surface area contributed by atoms with Gasteiger partial charge in [0.15, 0.2) is 0 Å². The Labute approximate surface area is 92.8 Å². The summed E-state index contributed by atoms with van der Waals surface area (Å²) in [6.45, 7) is 2.18. The van der Waals surface area contributed by atoms with Gasteiger partial charge in [-0.3, -0.25) is 0 Å². The highest BCUT2D eigenvalue weighted by Crippen LogP contribution is 2.36. The SMILES string of the molecule is CCC1CC1Nc1nc(Cl)ncc1Cl. The molecule has 76 valence electrons. The van der Waals surface area contributed by atoms with Crippen molar-refractivity contribution in [1.29, 1.82) is 0 Å². The Morgan fingerprint density at radius 2 is 2.36 bits per heavy atom. The molecule has 1 fully saturated rings. The van der Waals surface area contributed by atoms with Gasteiger partial charge in [-0.05, 0) is 23.9 Å². The first-order valence-corrected chi connectivity index (χ1v) is 5.41. The summed E-state index contributed by atoms with van der Waals surface area (Å²) in [6, 6.07) is 0.503. The van der Waals surface area contributed by atoms with E-state index in [1.165, 1.54) is 19.0 Å². The van der Waals surface area contributed by atoms with Crippen molar-refractivity contribution in [2.45, 2.75) is 25.8 Å². The smallest absolute Gasteiger partial charge is 0.224 e. The fourth-order valence-electron chi connectivity index (χ4n) is 1.50. The van der Waals surface area contributed by atoms with Crippen LogP contribution in [0.2, 0.25) is 10.3 Å². The molecule has 0 aromatic carbocycles. The molecule has 1 N–H and O–H groups in total. The molecule has 1 saturated carbocycles. The minimum atomic E-state index is 0.227. The second-order valence-corrected chi connectivity index (χ2v) is 4.24. The van der Waals surface area contributed by atoms with E-state index in [1.54, 1.807) is 0 Å². The zero-order valence-electron chi connectivity index (χ0n) is 7.80. The Hall–Kier alpha value is -0.540. The summed E-state index contributed by atoms with van der Waals surface area (Å²) >= 11 is 11.6. The fourth-order valence-corrected chi connectivity index (χ4v) is 1.78. The molecule has 0 bridgehead atoms. The quantitative estimate of drug-likeness (QED) is 0.814. The lowest BCUT2D eigenvalue weighted by Gasteiger charge is -2.05. The third kappa shape index (κ3) is 2.10. The summed E-state index contributed by atoms with van der Waals surface area (Å²) < 4.78 is 0. The maximum atomic E-state index is 5.91. The van der Waals surface area contributed by atoms with Gasteiger partial charge in [-0.25, -0.2) is 4.98 Å². The van der Waals surface area contributed by atoms with Crippen LogP contribution in [-0.4, -0.2) is 16.0 Å². The Morgan fingerprint density at radius 1 is 1.57 bits per heavy atom. The molecule has 2 rings (SSSR count). The van der Waals surface area contributed by atoms with Crippen LogP contribution in [0.4, 0.5) is 5.82 Å². The highest BCUT2D eigenvalue weighted by atomic mass is 35.5. The number of nitrogens with zero attached hydrogens (tertiary/aromatic N) is 2. The molecule has 1 aliphatic rings. The monoisotopic (exact) mass is 231 g/mol. The highest BCUT2D eigenvalue weighted by molar-refractivity contribution is 6.33. The molecule has 0 saturated heterocycles. The van der Waals surface area contributed by atoms with Gasteiger partial charge in [0.25, 0.3) is 0 Å². The van der Waals surface area contributed by atoms with Crippen LogP contribution in [-0.2, 0) is 0 Å². The minimum Gasteiger partial charge on any atom is -0.366 e. The molecule has 1 aromatic rings. The van der Waals surface area contributed by atoms with E-state index in [2.05, 4.69) is 22.2 Å². The van der Waals surface area contributed by atoms with Crippen molar-refractivity contribution in [2.75, 3.05) is 5.32 Å². The number of rotatable bonds is 3. The van der Waals surface area contributed by atoms with Gasteiger partial charge < -0.3 is 5.32 Å². The maximum Gasteiger partial charge on any atom is 0.224 e. The van der Waals surface area contributed by atoms with E-state index in [-0.39, 0.29) is 5.28 Å². The number of halogens is 2. The van der Waals surface area contributed by atoms with E-state index in [1.807, 2.05) is 0 Å². The number of anilines is 1. The molecule has 14 heavy (non-hydrogen) atoms. The zero-order chi connectivity index (χ0) is 10.1. The molecular formula is C9H11Cl2N3. The van der Waals surface area contributed by atoms with Crippen molar-refractivity contribution in [3.8, 4) is 0 Å². The van der Waals surface area contributed by atoms with E-state index >= 15 is 0 Å². The normalized spacial score (nSPS) is 24.8. The number of hydrogen-bond donors (Lipinski definition) is 1. The van der Waals surface area contributed by atoms with Crippen LogP contribution < -0.4 is 5.32 Å². The van der Waals surface area contributed by atoms with Crippen molar-refractivity contribution in [2.24, 2.45) is 5.92 Å². The summed E-state index contributed by atoms with van der Waals surface area (Å²) in [5.41, 5.74) is 0. The molecule has 0 amide bonds. The molecule has 0 radical (unpaired) electrons. The number of hydrogen-bond acceptors (Lipinski definition) is 3. The van der Waals surface area contributed by atoms with E-state index in [0.29, 0.717) is 16.9 Å².